The molecule has 0 spiro atoms. The lowest BCUT2D eigenvalue weighted by molar-refractivity contribution is 0.599. The van der Waals surface area contributed by atoms with Crippen LogP contribution in [0.25, 0.3) is 0 Å². The minimum absolute atomic E-state index is 0.117. The molecule has 0 bridgehead atoms. The van der Waals surface area contributed by atoms with Gasteiger partial charge in [-0.25, -0.2) is 12.8 Å². The summed E-state index contributed by atoms with van der Waals surface area (Å²) in [7, 11) is -3.89. The molecule has 2 aromatic rings. The highest BCUT2D eigenvalue weighted by atomic mass is 32.2. The number of aryl methyl sites for hydroxylation is 2. The molecular formula is C12H13FN4O2S2. The van der Waals surface area contributed by atoms with Crippen molar-refractivity contribution in [1.29, 1.82) is 0 Å². The zero-order valence-corrected chi connectivity index (χ0v) is 12.9. The molecule has 1 aromatic heterocycles. The second kappa shape index (κ2) is 5.41. The van der Waals surface area contributed by atoms with Crippen LogP contribution in [0, 0.1) is 19.7 Å². The molecule has 0 atom stereocenters. The summed E-state index contributed by atoms with van der Waals surface area (Å²) < 4.78 is 40.6. The molecular weight excluding hydrogens is 315 g/mol. The Hall–Kier alpha value is -2.00. The Kier molecular flexibility index (Phi) is 3.97. The van der Waals surface area contributed by atoms with Crippen molar-refractivity contribution in [3.8, 4) is 0 Å². The molecule has 0 aliphatic heterocycles. The predicted molar refractivity (Wildman–Crippen MR) is 81.2 cm³/mol. The number of thiocarbonyl (C=S) groups is 1. The number of halogens is 1. The third kappa shape index (κ3) is 3.03. The molecule has 9 heteroatoms. The summed E-state index contributed by atoms with van der Waals surface area (Å²) in [5.74, 6) is -0.669. The van der Waals surface area contributed by atoms with E-state index < -0.39 is 15.8 Å². The number of aromatic nitrogens is 2. The summed E-state index contributed by atoms with van der Waals surface area (Å²) in [5.41, 5.74) is 6.70. The summed E-state index contributed by atoms with van der Waals surface area (Å²) in [4.78, 5) is -0.341. The standard InChI is InChI=1S/C12H13FN4O2S2/c1-6-11(7(2)16-15-6)17-21(18,19)8-3-4-10(13)9(5-8)12(14)20/h3-5,17H,1-2H3,(H2,14,20)(H,15,16). The number of sulfonamides is 1. The summed E-state index contributed by atoms with van der Waals surface area (Å²) in [6.07, 6.45) is 0. The fraction of sp³-hybridized carbons (Fsp3) is 0.167. The third-order valence-corrected chi connectivity index (χ3v) is 4.45. The van der Waals surface area contributed by atoms with Crippen molar-refractivity contribution in [1.82, 2.24) is 10.2 Å². The normalized spacial score (nSPS) is 11.4. The van der Waals surface area contributed by atoms with Crippen LogP contribution in [0.15, 0.2) is 23.1 Å². The summed E-state index contributed by atoms with van der Waals surface area (Å²) in [6, 6.07) is 3.26. The van der Waals surface area contributed by atoms with E-state index in [2.05, 4.69) is 14.9 Å². The van der Waals surface area contributed by atoms with Gasteiger partial charge in [0, 0.05) is 5.56 Å². The Bertz CT molecular complexity index is 795. The highest BCUT2D eigenvalue weighted by molar-refractivity contribution is 7.92. The van der Waals surface area contributed by atoms with Crippen LogP contribution in [-0.2, 0) is 10.0 Å². The number of H-pyrrole nitrogens is 1. The van der Waals surface area contributed by atoms with Crippen LogP contribution in [0.2, 0.25) is 0 Å². The van der Waals surface area contributed by atoms with Crippen LogP contribution >= 0.6 is 12.2 Å². The maximum absolute atomic E-state index is 13.5. The van der Waals surface area contributed by atoms with Crippen LogP contribution in [-0.4, -0.2) is 23.6 Å². The second-order valence-electron chi connectivity index (χ2n) is 4.42. The van der Waals surface area contributed by atoms with E-state index in [4.69, 9.17) is 18.0 Å². The molecule has 0 saturated heterocycles. The van der Waals surface area contributed by atoms with E-state index in [9.17, 15) is 12.8 Å². The van der Waals surface area contributed by atoms with Gasteiger partial charge in [-0.1, -0.05) is 12.2 Å². The molecule has 112 valence electrons. The number of nitrogens with two attached hydrogens (primary N) is 1. The smallest absolute Gasteiger partial charge is 0.262 e. The molecule has 21 heavy (non-hydrogen) atoms. The van der Waals surface area contributed by atoms with Crippen molar-refractivity contribution in [2.24, 2.45) is 5.73 Å². The Morgan fingerprint density at radius 1 is 1.43 bits per heavy atom. The van der Waals surface area contributed by atoms with Gasteiger partial charge in [-0.15, -0.1) is 0 Å². The van der Waals surface area contributed by atoms with Gasteiger partial charge in [0.15, 0.2) is 0 Å². The van der Waals surface area contributed by atoms with Crippen molar-refractivity contribution < 1.29 is 12.8 Å². The first kappa shape index (κ1) is 15.4. The van der Waals surface area contributed by atoms with E-state index in [-0.39, 0.29) is 15.4 Å². The lowest BCUT2D eigenvalue weighted by Crippen LogP contribution is -2.17. The highest BCUT2D eigenvalue weighted by Gasteiger charge is 2.20. The minimum atomic E-state index is -3.89. The van der Waals surface area contributed by atoms with Crippen LogP contribution < -0.4 is 10.5 Å². The van der Waals surface area contributed by atoms with Gasteiger partial charge in [0.05, 0.1) is 22.0 Å². The van der Waals surface area contributed by atoms with Crippen molar-refractivity contribution in [3.63, 3.8) is 0 Å². The molecule has 0 amide bonds. The number of nitrogens with one attached hydrogen (secondary N) is 2. The van der Waals surface area contributed by atoms with Gasteiger partial charge in [0.1, 0.15) is 10.8 Å². The van der Waals surface area contributed by atoms with Crippen molar-refractivity contribution >= 4 is 32.9 Å². The zero-order chi connectivity index (χ0) is 15.8. The number of nitrogens with zero attached hydrogens (tertiary/aromatic N) is 1. The van der Waals surface area contributed by atoms with Crippen LogP contribution in [0.4, 0.5) is 10.1 Å². The summed E-state index contributed by atoms with van der Waals surface area (Å²) >= 11 is 4.70. The van der Waals surface area contributed by atoms with Gasteiger partial charge in [-0.3, -0.25) is 9.82 Å². The Morgan fingerprint density at radius 3 is 2.62 bits per heavy atom. The van der Waals surface area contributed by atoms with E-state index in [1.165, 1.54) is 0 Å². The van der Waals surface area contributed by atoms with Crippen LogP contribution in [0.3, 0.4) is 0 Å². The fourth-order valence-corrected chi connectivity index (χ4v) is 3.12. The quantitative estimate of drug-likeness (QED) is 0.740. The van der Waals surface area contributed by atoms with E-state index in [0.29, 0.717) is 17.1 Å². The monoisotopic (exact) mass is 328 g/mol. The van der Waals surface area contributed by atoms with Crippen molar-refractivity contribution in [2.75, 3.05) is 4.72 Å². The molecule has 0 fully saturated rings. The number of rotatable bonds is 4. The van der Waals surface area contributed by atoms with Gasteiger partial charge < -0.3 is 5.73 Å². The molecule has 0 saturated carbocycles. The Labute approximate surface area is 126 Å². The maximum Gasteiger partial charge on any atom is 0.262 e. The SMILES string of the molecule is Cc1n[nH]c(C)c1NS(=O)(=O)c1ccc(F)c(C(N)=S)c1. The fourth-order valence-electron chi connectivity index (χ4n) is 1.75. The topological polar surface area (TPSA) is 101 Å². The number of anilines is 1. The lowest BCUT2D eigenvalue weighted by atomic mass is 10.2. The molecule has 6 nitrogen and oxygen atoms in total. The molecule has 2 rings (SSSR count). The first-order valence-electron chi connectivity index (χ1n) is 5.86. The largest absolute Gasteiger partial charge is 0.389 e. The van der Waals surface area contributed by atoms with Gasteiger partial charge in [-0.05, 0) is 32.0 Å². The third-order valence-electron chi connectivity index (χ3n) is 2.88. The van der Waals surface area contributed by atoms with E-state index in [1.54, 1.807) is 13.8 Å². The zero-order valence-electron chi connectivity index (χ0n) is 11.3. The van der Waals surface area contributed by atoms with Crippen molar-refractivity contribution in [2.45, 2.75) is 18.7 Å². The van der Waals surface area contributed by atoms with Crippen molar-refractivity contribution in [3.05, 3.63) is 41.0 Å². The van der Waals surface area contributed by atoms with Gasteiger partial charge in [0.2, 0.25) is 0 Å². The molecule has 0 aliphatic carbocycles. The molecule has 1 heterocycles. The maximum atomic E-state index is 13.5. The number of hydrogen-bond donors (Lipinski definition) is 3. The Morgan fingerprint density at radius 2 is 2.10 bits per heavy atom. The molecule has 1 aromatic carbocycles. The Balaban J connectivity index is 2.45. The summed E-state index contributed by atoms with van der Waals surface area (Å²) in [6.45, 7) is 3.34. The molecule has 0 aliphatic rings. The summed E-state index contributed by atoms with van der Waals surface area (Å²) in [5, 5.41) is 6.57. The highest BCUT2D eigenvalue weighted by Crippen LogP contribution is 2.22. The molecule has 0 unspecified atom stereocenters. The average molecular weight is 328 g/mol. The predicted octanol–water partition coefficient (Wildman–Crippen LogP) is 1.60. The lowest BCUT2D eigenvalue weighted by Gasteiger charge is -2.10. The van der Waals surface area contributed by atoms with Crippen LogP contribution in [0.1, 0.15) is 17.0 Å². The van der Waals surface area contributed by atoms with E-state index in [1.807, 2.05) is 0 Å². The van der Waals surface area contributed by atoms with Gasteiger partial charge in [0.25, 0.3) is 10.0 Å². The minimum Gasteiger partial charge on any atom is -0.389 e. The van der Waals surface area contributed by atoms with Gasteiger partial charge >= 0.3 is 0 Å². The number of aromatic amines is 1. The number of benzene rings is 1. The second-order valence-corrected chi connectivity index (χ2v) is 6.54. The van der Waals surface area contributed by atoms with Gasteiger partial charge in [-0.2, -0.15) is 5.10 Å². The first-order valence-corrected chi connectivity index (χ1v) is 7.75. The first-order chi connectivity index (χ1) is 9.72. The number of hydrogen-bond acceptors (Lipinski definition) is 4. The van der Waals surface area contributed by atoms with E-state index in [0.717, 1.165) is 18.2 Å². The molecule has 4 N–H and O–H groups in total. The van der Waals surface area contributed by atoms with Crippen LogP contribution in [0.5, 0.6) is 0 Å². The molecule has 0 radical (unpaired) electrons. The van der Waals surface area contributed by atoms with E-state index >= 15 is 0 Å². The average Bonchev–Trinajstić information content (AvgIpc) is 2.70.